The van der Waals surface area contributed by atoms with Crippen molar-refractivity contribution in [2.45, 2.75) is 72.6 Å². The third kappa shape index (κ3) is 4.65. The van der Waals surface area contributed by atoms with Crippen LogP contribution in [0.3, 0.4) is 0 Å². The summed E-state index contributed by atoms with van der Waals surface area (Å²) in [6, 6.07) is 9.19. The zero-order valence-corrected chi connectivity index (χ0v) is 21.7. The number of fused-ring (bicyclic) bond motifs is 2. The van der Waals surface area contributed by atoms with Crippen molar-refractivity contribution in [3.05, 3.63) is 48.0 Å². The molecular weight excluding hydrogens is 456 g/mol. The van der Waals surface area contributed by atoms with Gasteiger partial charge in [-0.05, 0) is 86.5 Å². The summed E-state index contributed by atoms with van der Waals surface area (Å²) >= 11 is 0. The molecule has 192 valence electrons. The number of aliphatic carboxylic acids is 1. The van der Waals surface area contributed by atoms with Gasteiger partial charge in [0.05, 0.1) is 5.41 Å². The number of carboxylic acid groups (broad SMARTS) is 1. The molecule has 2 aromatic carbocycles. The molecule has 4 atom stereocenters. The van der Waals surface area contributed by atoms with E-state index in [0.717, 1.165) is 50.5 Å². The average molecular weight is 493 g/mol. The van der Waals surface area contributed by atoms with E-state index >= 15 is 0 Å². The number of allylic oxidation sites excluding steroid dienone is 1. The maximum Gasteiger partial charge on any atom is 0.309 e. The van der Waals surface area contributed by atoms with Crippen molar-refractivity contribution in [1.82, 2.24) is 0 Å². The van der Waals surface area contributed by atoms with Crippen molar-refractivity contribution in [2.75, 3.05) is 0 Å². The van der Waals surface area contributed by atoms with Crippen LogP contribution in [0.25, 0.3) is 10.8 Å². The lowest BCUT2D eigenvalue weighted by molar-refractivity contribution is -0.164. The van der Waals surface area contributed by atoms with Gasteiger partial charge in [-0.1, -0.05) is 37.6 Å². The van der Waals surface area contributed by atoms with Gasteiger partial charge in [-0.3, -0.25) is 14.4 Å². The molecule has 6 nitrogen and oxygen atoms in total. The SMILES string of the molecule is C=C1CC[C@@H]2[C@](C)(CCC[C@]2(C)C(=O)O)[C@H]1CCc1ccc2c(OC(C)=O)ccc(OC(C)=O)c2c1. The smallest absolute Gasteiger partial charge is 0.309 e. The Bertz CT molecular complexity index is 1230. The van der Waals surface area contributed by atoms with Crippen molar-refractivity contribution in [1.29, 1.82) is 0 Å². The average Bonchev–Trinajstić information content (AvgIpc) is 2.79. The van der Waals surface area contributed by atoms with Gasteiger partial charge in [0.15, 0.2) is 0 Å². The van der Waals surface area contributed by atoms with Gasteiger partial charge >= 0.3 is 17.9 Å². The van der Waals surface area contributed by atoms with Crippen LogP contribution in [0.2, 0.25) is 0 Å². The molecule has 2 fully saturated rings. The van der Waals surface area contributed by atoms with Crippen LogP contribution < -0.4 is 9.47 Å². The van der Waals surface area contributed by atoms with Gasteiger partial charge in [-0.15, -0.1) is 0 Å². The summed E-state index contributed by atoms with van der Waals surface area (Å²) in [6.07, 6.45) is 6.08. The van der Waals surface area contributed by atoms with E-state index in [2.05, 4.69) is 13.5 Å². The molecule has 6 heteroatoms. The number of benzene rings is 2. The standard InChI is InChI=1S/C30H36O6/c1-18-7-14-27-29(4,15-6-16-30(27,5)28(33)34)24(18)11-9-21-8-10-22-23(17-21)26(36-20(3)32)13-12-25(22)35-19(2)31/h8,10,12-13,17,24,27H,1,6-7,9,11,14-16H2,2-5H3,(H,33,34)/t24-,27+,29+,30-/m0/s1. The minimum absolute atomic E-state index is 0.0943. The van der Waals surface area contributed by atoms with Crippen molar-refractivity contribution in [3.8, 4) is 11.5 Å². The molecule has 2 aliphatic carbocycles. The number of aryl methyl sites for hydroxylation is 1. The molecule has 0 radical (unpaired) electrons. The lowest BCUT2D eigenvalue weighted by atomic mass is 9.46. The van der Waals surface area contributed by atoms with Crippen LogP contribution in [-0.4, -0.2) is 23.0 Å². The minimum atomic E-state index is -0.694. The van der Waals surface area contributed by atoms with Gasteiger partial charge in [0.1, 0.15) is 11.5 Å². The molecule has 2 aliphatic rings. The molecule has 2 saturated carbocycles. The lowest BCUT2D eigenvalue weighted by Gasteiger charge is -2.57. The first-order valence-electron chi connectivity index (χ1n) is 12.8. The normalized spacial score (nSPS) is 27.8. The van der Waals surface area contributed by atoms with Crippen molar-refractivity contribution in [2.24, 2.45) is 22.7 Å². The van der Waals surface area contributed by atoms with Crippen molar-refractivity contribution < 1.29 is 29.0 Å². The van der Waals surface area contributed by atoms with Crippen LogP contribution in [0.1, 0.15) is 71.8 Å². The maximum absolute atomic E-state index is 12.3. The van der Waals surface area contributed by atoms with E-state index in [0.29, 0.717) is 22.3 Å². The molecule has 0 saturated heterocycles. The molecule has 1 N–H and O–H groups in total. The summed E-state index contributed by atoms with van der Waals surface area (Å²) in [7, 11) is 0. The van der Waals surface area contributed by atoms with Crippen molar-refractivity contribution >= 4 is 28.7 Å². The molecule has 0 aliphatic heterocycles. The number of hydrogen-bond acceptors (Lipinski definition) is 5. The predicted molar refractivity (Wildman–Crippen MR) is 138 cm³/mol. The van der Waals surface area contributed by atoms with Crippen LogP contribution in [0, 0.1) is 22.7 Å². The highest BCUT2D eigenvalue weighted by Gasteiger charge is 2.57. The zero-order chi connectivity index (χ0) is 26.3. The van der Waals surface area contributed by atoms with Gasteiger partial charge in [0, 0.05) is 24.6 Å². The Kier molecular flexibility index (Phi) is 7.00. The summed E-state index contributed by atoms with van der Waals surface area (Å²) in [5, 5.41) is 11.5. The molecule has 0 aromatic heterocycles. The van der Waals surface area contributed by atoms with E-state index in [1.165, 1.54) is 19.4 Å². The van der Waals surface area contributed by atoms with Gasteiger partial charge in [-0.25, -0.2) is 0 Å². The van der Waals surface area contributed by atoms with Crippen LogP contribution in [0.4, 0.5) is 0 Å². The highest BCUT2D eigenvalue weighted by atomic mass is 16.5. The molecule has 0 unspecified atom stereocenters. The monoisotopic (exact) mass is 492 g/mol. The van der Waals surface area contributed by atoms with E-state index in [1.807, 2.05) is 25.1 Å². The van der Waals surface area contributed by atoms with E-state index in [4.69, 9.17) is 9.47 Å². The third-order valence-corrected chi connectivity index (χ3v) is 8.74. The molecule has 0 amide bonds. The molecule has 36 heavy (non-hydrogen) atoms. The Morgan fingerprint density at radius 2 is 1.64 bits per heavy atom. The van der Waals surface area contributed by atoms with Crippen LogP contribution >= 0.6 is 0 Å². The molecule has 4 rings (SSSR count). The zero-order valence-electron chi connectivity index (χ0n) is 21.7. The Hall–Kier alpha value is -3.15. The highest BCUT2D eigenvalue weighted by molar-refractivity contribution is 5.96. The second kappa shape index (κ2) is 9.72. The fourth-order valence-corrected chi connectivity index (χ4v) is 7.03. The molecule has 2 aromatic rings. The molecule has 0 spiro atoms. The summed E-state index contributed by atoms with van der Waals surface area (Å²) in [4.78, 5) is 35.5. The largest absolute Gasteiger partial charge is 0.481 e. The van der Waals surface area contributed by atoms with E-state index in [9.17, 15) is 19.5 Å². The number of carbonyl (C=O) groups excluding carboxylic acids is 2. The Morgan fingerprint density at radius 3 is 2.25 bits per heavy atom. The Labute approximate surface area is 212 Å². The summed E-state index contributed by atoms with van der Waals surface area (Å²) in [5.41, 5.74) is 1.51. The lowest BCUT2D eigenvalue weighted by Crippen LogP contribution is -2.53. The topological polar surface area (TPSA) is 89.9 Å². The highest BCUT2D eigenvalue weighted by Crippen LogP contribution is 2.62. The fourth-order valence-electron chi connectivity index (χ4n) is 7.03. The van der Waals surface area contributed by atoms with E-state index in [1.54, 1.807) is 12.1 Å². The van der Waals surface area contributed by atoms with Gasteiger partial charge in [0.25, 0.3) is 0 Å². The van der Waals surface area contributed by atoms with E-state index in [-0.39, 0.29) is 17.3 Å². The summed E-state index contributed by atoms with van der Waals surface area (Å²) in [6.45, 7) is 11.3. The molecule has 0 bridgehead atoms. The Morgan fingerprint density at radius 1 is 1.00 bits per heavy atom. The van der Waals surface area contributed by atoms with Gasteiger partial charge in [-0.2, -0.15) is 0 Å². The second-order valence-electron chi connectivity index (χ2n) is 11.1. The predicted octanol–water partition coefficient (Wildman–Crippen LogP) is 6.49. The first-order valence-corrected chi connectivity index (χ1v) is 12.8. The third-order valence-electron chi connectivity index (χ3n) is 8.74. The van der Waals surface area contributed by atoms with Crippen LogP contribution in [0.15, 0.2) is 42.5 Å². The summed E-state index contributed by atoms with van der Waals surface area (Å²) < 4.78 is 10.8. The quantitative estimate of drug-likeness (QED) is 0.282. The number of carbonyl (C=O) groups is 3. The van der Waals surface area contributed by atoms with Crippen LogP contribution in [0.5, 0.6) is 11.5 Å². The van der Waals surface area contributed by atoms with Crippen molar-refractivity contribution in [3.63, 3.8) is 0 Å². The van der Waals surface area contributed by atoms with Gasteiger partial charge < -0.3 is 14.6 Å². The Balaban J connectivity index is 1.64. The number of carboxylic acids is 1. The molecular formula is C30H36O6. The number of ether oxygens (including phenoxy) is 2. The minimum Gasteiger partial charge on any atom is -0.481 e. The first-order chi connectivity index (χ1) is 17.0. The second-order valence-corrected chi connectivity index (χ2v) is 11.1. The number of rotatable bonds is 6. The summed E-state index contributed by atoms with van der Waals surface area (Å²) in [5.74, 6) is -0.296. The molecule has 0 heterocycles. The number of hydrogen-bond donors (Lipinski definition) is 1. The fraction of sp³-hybridized carbons (Fsp3) is 0.500. The maximum atomic E-state index is 12.3. The first kappa shape index (κ1) is 25.9. The number of esters is 2. The van der Waals surface area contributed by atoms with E-state index < -0.39 is 23.3 Å². The van der Waals surface area contributed by atoms with Crippen LogP contribution in [-0.2, 0) is 20.8 Å². The van der Waals surface area contributed by atoms with Gasteiger partial charge in [0.2, 0.25) is 0 Å².